The number of halogens is 2. The molecule has 7 nitrogen and oxygen atoms in total. The third-order valence-electron chi connectivity index (χ3n) is 5.61. The highest BCUT2D eigenvalue weighted by molar-refractivity contribution is 7.87. The van der Waals surface area contributed by atoms with Crippen LogP contribution in [0.4, 0.5) is 5.69 Å². The SMILES string of the molecule is CC[C@@H](C)N(Cc1ccc(N(CC)CC)cc1OS(=O)(=O)c1ccc(Cl)c(Cl)c1)C(=O)COC. The van der Waals surface area contributed by atoms with Crippen molar-refractivity contribution in [2.24, 2.45) is 0 Å². The number of hydrogen-bond acceptors (Lipinski definition) is 6. The Labute approximate surface area is 212 Å². The zero-order chi connectivity index (χ0) is 25.5. The average Bonchev–Trinajstić information content (AvgIpc) is 2.80. The summed E-state index contributed by atoms with van der Waals surface area (Å²) in [5.74, 6) is -0.0445. The quantitative estimate of drug-likeness (QED) is 0.343. The second-order valence-corrected chi connectivity index (χ2v) is 10.2. The molecular weight excluding hydrogens is 499 g/mol. The summed E-state index contributed by atoms with van der Waals surface area (Å²) in [5.41, 5.74) is 1.37. The Morgan fingerprint density at radius 3 is 2.26 bits per heavy atom. The number of methoxy groups -OCH3 is 1. The predicted octanol–water partition coefficient (Wildman–Crippen LogP) is 5.38. The second-order valence-electron chi connectivity index (χ2n) is 7.79. The van der Waals surface area contributed by atoms with Gasteiger partial charge in [-0.05, 0) is 51.5 Å². The Morgan fingerprint density at radius 1 is 1.03 bits per heavy atom. The molecule has 0 aliphatic heterocycles. The fourth-order valence-corrected chi connectivity index (χ4v) is 4.78. The van der Waals surface area contributed by atoms with Gasteiger partial charge in [0.25, 0.3) is 0 Å². The van der Waals surface area contributed by atoms with E-state index in [9.17, 15) is 13.2 Å². The summed E-state index contributed by atoms with van der Waals surface area (Å²) in [6.45, 7) is 9.51. The molecule has 2 rings (SSSR count). The molecule has 0 radical (unpaired) electrons. The van der Waals surface area contributed by atoms with Gasteiger partial charge >= 0.3 is 10.1 Å². The fraction of sp³-hybridized carbons (Fsp3) is 0.458. The lowest BCUT2D eigenvalue weighted by Crippen LogP contribution is -2.40. The van der Waals surface area contributed by atoms with Gasteiger partial charge in [-0.1, -0.05) is 36.2 Å². The first-order valence-corrected chi connectivity index (χ1v) is 13.3. The molecule has 0 heterocycles. The Morgan fingerprint density at radius 2 is 1.71 bits per heavy atom. The van der Waals surface area contributed by atoms with Crippen molar-refractivity contribution in [3.05, 3.63) is 52.0 Å². The van der Waals surface area contributed by atoms with Gasteiger partial charge in [0, 0.05) is 50.1 Å². The first-order chi connectivity index (χ1) is 16.1. The van der Waals surface area contributed by atoms with E-state index >= 15 is 0 Å². The Kier molecular flexibility index (Phi) is 10.5. The van der Waals surface area contributed by atoms with E-state index in [4.69, 9.17) is 32.1 Å². The van der Waals surface area contributed by atoms with Gasteiger partial charge in [-0.3, -0.25) is 4.79 Å². The summed E-state index contributed by atoms with van der Waals surface area (Å²) >= 11 is 12.0. The number of carbonyl (C=O) groups excluding carboxylic acids is 1. The maximum atomic E-state index is 13.1. The third-order valence-corrected chi connectivity index (χ3v) is 7.58. The summed E-state index contributed by atoms with van der Waals surface area (Å²) in [5, 5.41) is 0.349. The number of hydrogen-bond donors (Lipinski definition) is 0. The zero-order valence-corrected chi connectivity index (χ0v) is 22.5. The Balaban J connectivity index is 2.54. The van der Waals surface area contributed by atoms with Crippen molar-refractivity contribution in [2.75, 3.05) is 31.7 Å². The molecule has 2 aromatic rings. The van der Waals surface area contributed by atoms with Crippen LogP contribution in [-0.4, -0.2) is 52.1 Å². The lowest BCUT2D eigenvalue weighted by molar-refractivity contribution is -0.138. The summed E-state index contributed by atoms with van der Waals surface area (Å²) in [6.07, 6.45) is 0.727. The van der Waals surface area contributed by atoms with Gasteiger partial charge in [0.2, 0.25) is 5.91 Å². The monoisotopic (exact) mass is 530 g/mol. The van der Waals surface area contributed by atoms with Crippen LogP contribution in [0.5, 0.6) is 5.75 Å². The van der Waals surface area contributed by atoms with Crippen molar-refractivity contribution in [1.82, 2.24) is 4.90 Å². The van der Waals surface area contributed by atoms with E-state index in [2.05, 4.69) is 4.90 Å². The van der Waals surface area contributed by atoms with E-state index in [1.165, 1.54) is 25.3 Å². The van der Waals surface area contributed by atoms with Crippen LogP contribution in [0.25, 0.3) is 0 Å². The molecule has 0 spiro atoms. The Hall–Kier alpha value is -2.00. The largest absolute Gasteiger partial charge is 0.379 e. The molecule has 34 heavy (non-hydrogen) atoms. The van der Waals surface area contributed by atoms with Gasteiger partial charge in [0.1, 0.15) is 17.3 Å². The zero-order valence-electron chi connectivity index (χ0n) is 20.2. The molecular formula is C24H32Cl2N2O5S. The molecule has 188 valence electrons. The highest BCUT2D eigenvalue weighted by atomic mass is 35.5. The molecule has 2 aromatic carbocycles. The predicted molar refractivity (Wildman–Crippen MR) is 136 cm³/mol. The lowest BCUT2D eigenvalue weighted by Gasteiger charge is -2.30. The van der Waals surface area contributed by atoms with Crippen LogP contribution in [0.1, 0.15) is 39.7 Å². The summed E-state index contributed by atoms with van der Waals surface area (Å²) in [6, 6.07) is 9.30. The summed E-state index contributed by atoms with van der Waals surface area (Å²) in [7, 11) is -2.75. The number of carbonyl (C=O) groups is 1. The highest BCUT2D eigenvalue weighted by Crippen LogP contribution is 2.32. The van der Waals surface area contributed by atoms with Gasteiger partial charge in [-0.25, -0.2) is 0 Å². The molecule has 0 aliphatic rings. The van der Waals surface area contributed by atoms with Crippen LogP contribution in [-0.2, 0) is 26.2 Å². The molecule has 0 bridgehead atoms. The van der Waals surface area contributed by atoms with Gasteiger partial charge < -0.3 is 18.7 Å². The normalized spacial score (nSPS) is 12.3. The minimum absolute atomic E-state index is 0.0698. The summed E-state index contributed by atoms with van der Waals surface area (Å²) < 4.78 is 36.9. The number of ether oxygens (including phenoxy) is 1. The topological polar surface area (TPSA) is 76.2 Å². The molecule has 0 saturated carbocycles. The first-order valence-electron chi connectivity index (χ1n) is 11.1. The molecule has 0 unspecified atom stereocenters. The standard InChI is InChI=1S/C24H32Cl2N2O5S/c1-6-17(4)28(24(29)16-32-5)15-18-9-10-19(27(7-2)8-3)13-23(18)33-34(30,31)20-11-12-21(25)22(26)14-20/h9-14,17H,6-8,15-16H2,1-5H3/t17-/m1/s1. The average molecular weight is 532 g/mol. The molecule has 1 atom stereocenters. The maximum absolute atomic E-state index is 13.1. The van der Waals surface area contributed by atoms with Gasteiger partial charge in [0.15, 0.2) is 0 Å². The minimum atomic E-state index is -4.21. The number of amides is 1. The third kappa shape index (κ3) is 7.01. The minimum Gasteiger partial charge on any atom is -0.379 e. The van der Waals surface area contributed by atoms with Gasteiger partial charge in [-0.2, -0.15) is 8.42 Å². The number of anilines is 1. The van der Waals surface area contributed by atoms with E-state index < -0.39 is 10.1 Å². The molecule has 0 aromatic heterocycles. The van der Waals surface area contributed by atoms with Crippen molar-refractivity contribution in [3.63, 3.8) is 0 Å². The number of nitrogens with zero attached hydrogens (tertiary/aromatic N) is 2. The number of rotatable bonds is 12. The molecule has 0 fully saturated rings. The molecule has 1 amide bonds. The molecule has 0 N–H and O–H groups in total. The van der Waals surface area contributed by atoms with Crippen molar-refractivity contribution in [2.45, 2.75) is 51.6 Å². The molecule has 0 saturated heterocycles. The van der Waals surface area contributed by atoms with Crippen LogP contribution in [0, 0.1) is 0 Å². The molecule has 0 aliphatic carbocycles. The smallest absolute Gasteiger partial charge is 0.339 e. The second kappa shape index (κ2) is 12.6. The van der Waals surface area contributed by atoms with Crippen molar-refractivity contribution < 1.29 is 22.1 Å². The van der Waals surface area contributed by atoms with Crippen LogP contribution in [0.2, 0.25) is 10.0 Å². The van der Waals surface area contributed by atoms with Gasteiger partial charge in [0.05, 0.1) is 10.0 Å². The first kappa shape index (κ1) is 28.2. The van der Waals surface area contributed by atoms with Gasteiger partial charge in [-0.15, -0.1) is 0 Å². The van der Waals surface area contributed by atoms with Crippen LogP contribution < -0.4 is 9.08 Å². The van der Waals surface area contributed by atoms with E-state index in [0.29, 0.717) is 5.56 Å². The van der Waals surface area contributed by atoms with Crippen molar-refractivity contribution in [3.8, 4) is 5.75 Å². The fourth-order valence-electron chi connectivity index (χ4n) is 3.44. The van der Waals surface area contributed by atoms with Crippen LogP contribution in [0.15, 0.2) is 41.3 Å². The van der Waals surface area contributed by atoms with Crippen molar-refractivity contribution in [1.29, 1.82) is 0 Å². The Bertz CT molecular complexity index is 1090. The maximum Gasteiger partial charge on any atom is 0.339 e. The summed E-state index contributed by atoms with van der Waals surface area (Å²) in [4.78, 5) is 16.3. The van der Waals surface area contributed by atoms with Crippen molar-refractivity contribution >= 4 is 44.9 Å². The lowest BCUT2D eigenvalue weighted by atomic mass is 10.1. The van der Waals surface area contributed by atoms with E-state index in [-0.39, 0.29) is 45.8 Å². The van der Waals surface area contributed by atoms with E-state index in [1.807, 2.05) is 33.8 Å². The van der Waals surface area contributed by atoms with E-state index in [1.54, 1.807) is 17.0 Å². The van der Waals surface area contributed by atoms with Crippen LogP contribution >= 0.6 is 23.2 Å². The van der Waals surface area contributed by atoms with Crippen LogP contribution in [0.3, 0.4) is 0 Å². The number of benzene rings is 2. The molecule has 10 heteroatoms. The van der Waals surface area contributed by atoms with E-state index in [0.717, 1.165) is 25.2 Å². The highest BCUT2D eigenvalue weighted by Gasteiger charge is 2.24.